The summed E-state index contributed by atoms with van der Waals surface area (Å²) < 4.78 is 44.4. The number of allylic oxidation sites excluding steroid dienone is 2. The lowest BCUT2D eigenvalue weighted by Crippen LogP contribution is -2.42. The maximum absolute atomic E-state index is 13.0. The van der Waals surface area contributed by atoms with E-state index in [0.29, 0.717) is 26.1 Å². The standard InChI is InChI=1S/C19H24ClF3N4O3/c1-18(2,3)30-17(29)26-6-4-5-25(7-8-26)16(28)14-11-27-10-12(19(21,22)23)9-13(20)15(27)24-14/h9-11,15,24H,4-8H2,1-3H3/t15-/m0/s1. The Kier molecular flexibility index (Phi) is 5.99. The van der Waals surface area contributed by atoms with Gasteiger partial charge in [-0.1, -0.05) is 11.6 Å². The molecule has 0 spiro atoms. The maximum Gasteiger partial charge on any atom is 0.417 e. The first-order chi connectivity index (χ1) is 13.8. The Morgan fingerprint density at radius 2 is 1.73 bits per heavy atom. The van der Waals surface area contributed by atoms with E-state index in [1.807, 2.05) is 0 Å². The molecule has 3 aliphatic rings. The fourth-order valence-electron chi connectivity index (χ4n) is 3.30. The topological polar surface area (TPSA) is 65.1 Å². The van der Waals surface area contributed by atoms with Crippen molar-refractivity contribution >= 4 is 23.6 Å². The molecule has 0 saturated carbocycles. The van der Waals surface area contributed by atoms with Gasteiger partial charge in [-0.05, 0) is 33.3 Å². The average molecular weight is 449 g/mol. The minimum absolute atomic E-state index is 0.0594. The molecule has 1 fully saturated rings. The van der Waals surface area contributed by atoms with Gasteiger partial charge in [-0.15, -0.1) is 0 Å². The van der Waals surface area contributed by atoms with Gasteiger partial charge in [0.15, 0.2) is 0 Å². The number of carbonyl (C=O) groups excluding carboxylic acids is 2. The molecule has 1 atom stereocenters. The van der Waals surface area contributed by atoms with Crippen molar-refractivity contribution in [3.63, 3.8) is 0 Å². The number of carbonyl (C=O) groups is 2. The Balaban J connectivity index is 1.66. The van der Waals surface area contributed by atoms with Crippen molar-refractivity contribution in [2.24, 2.45) is 0 Å². The van der Waals surface area contributed by atoms with E-state index in [1.165, 1.54) is 11.1 Å². The van der Waals surface area contributed by atoms with Crippen LogP contribution in [0.2, 0.25) is 0 Å². The summed E-state index contributed by atoms with van der Waals surface area (Å²) in [5, 5.41) is 2.82. The van der Waals surface area contributed by atoms with Crippen LogP contribution in [0.25, 0.3) is 0 Å². The van der Waals surface area contributed by atoms with Crippen LogP contribution in [0.3, 0.4) is 0 Å². The number of nitrogens with one attached hydrogen (secondary N) is 1. The number of fused-ring (bicyclic) bond motifs is 1. The van der Waals surface area contributed by atoms with E-state index in [9.17, 15) is 22.8 Å². The number of alkyl halides is 3. The van der Waals surface area contributed by atoms with Crippen molar-refractivity contribution in [2.75, 3.05) is 26.2 Å². The fraction of sp³-hybridized carbons (Fsp3) is 0.579. The molecule has 3 rings (SSSR count). The van der Waals surface area contributed by atoms with Gasteiger partial charge >= 0.3 is 12.3 Å². The Hall–Kier alpha value is -2.36. The Morgan fingerprint density at radius 1 is 1.10 bits per heavy atom. The Bertz CT molecular complexity index is 817. The molecule has 166 valence electrons. The lowest BCUT2D eigenvalue weighted by molar-refractivity contribution is -0.127. The van der Waals surface area contributed by atoms with Gasteiger partial charge in [0.05, 0.1) is 10.6 Å². The van der Waals surface area contributed by atoms with E-state index in [1.54, 1.807) is 30.6 Å². The fourth-order valence-corrected chi connectivity index (χ4v) is 3.59. The van der Waals surface area contributed by atoms with Crippen molar-refractivity contribution in [1.82, 2.24) is 20.0 Å². The van der Waals surface area contributed by atoms with Crippen molar-refractivity contribution < 1.29 is 27.5 Å². The summed E-state index contributed by atoms with van der Waals surface area (Å²) in [6.07, 6.45) is -2.08. The molecule has 0 radical (unpaired) electrons. The first kappa shape index (κ1) is 22.3. The van der Waals surface area contributed by atoms with Gasteiger partial charge in [0.2, 0.25) is 0 Å². The summed E-state index contributed by atoms with van der Waals surface area (Å²) in [5.41, 5.74) is -1.35. The largest absolute Gasteiger partial charge is 0.444 e. The Labute approximate surface area is 177 Å². The van der Waals surface area contributed by atoms with Crippen LogP contribution in [0.4, 0.5) is 18.0 Å². The minimum Gasteiger partial charge on any atom is -0.444 e. The van der Waals surface area contributed by atoms with Crippen molar-refractivity contribution in [3.8, 4) is 0 Å². The van der Waals surface area contributed by atoms with E-state index < -0.39 is 29.6 Å². The normalized spacial score (nSPS) is 22.4. The predicted molar refractivity (Wildman–Crippen MR) is 104 cm³/mol. The van der Waals surface area contributed by atoms with Crippen LogP contribution in [0.5, 0.6) is 0 Å². The van der Waals surface area contributed by atoms with Crippen molar-refractivity contribution in [1.29, 1.82) is 0 Å². The highest BCUT2D eigenvalue weighted by molar-refractivity contribution is 6.30. The third kappa shape index (κ3) is 5.03. The van der Waals surface area contributed by atoms with Gasteiger partial charge in [0, 0.05) is 38.6 Å². The molecule has 30 heavy (non-hydrogen) atoms. The first-order valence-corrected chi connectivity index (χ1v) is 9.92. The molecule has 3 aliphatic heterocycles. The smallest absolute Gasteiger partial charge is 0.417 e. The molecule has 0 aliphatic carbocycles. The van der Waals surface area contributed by atoms with E-state index >= 15 is 0 Å². The molecular weight excluding hydrogens is 425 g/mol. The van der Waals surface area contributed by atoms with E-state index in [4.69, 9.17) is 16.3 Å². The quantitative estimate of drug-likeness (QED) is 0.667. The third-order valence-corrected chi connectivity index (χ3v) is 5.02. The molecule has 11 heteroatoms. The molecule has 0 aromatic carbocycles. The lowest BCUT2D eigenvalue weighted by atomic mass is 10.2. The number of rotatable bonds is 1. The second-order valence-electron chi connectivity index (χ2n) is 8.26. The molecule has 1 N–H and O–H groups in total. The molecule has 0 aromatic rings. The second kappa shape index (κ2) is 8.05. The van der Waals surface area contributed by atoms with Crippen LogP contribution < -0.4 is 5.32 Å². The van der Waals surface area contributed by atoms with E-state index in [-0.39, 0.29) is 23.2 Å². The number of hydrogen-bond acceptors (Lipinski definition) is 5. The molecule has 0 aromatic heterocycles. The third-order valence-electron chi connectivity index (χ3n) is 4.70. The molecule has 2 amide bonds. The second-order valence-corrected chi connectivity index (χ2v) is 8.70. The highest BCUT2D eigenvalue weighted by Crippen LogP contribution is 2.35. The van der Waals surface area contributed by atoms with Crippen molar-refractivity contribution in [3.05, 3.63) is 34.8 Å². The highest BCUT2D eigenvalue weighted by atomic mass is 35.5. The van der Waals surface area contributed by atoms with Crippen LogP contribution >= 0.6 is 11.6 Å². The monoisotopic (exact) mass is 448 g/mol. The number of halogens is 4. The summed E-state index contributed by atoms with van der Waals surface area (Å²) in [5.74, 6) is -0.359. The van der Waals surface area contributed by atoms with Gasteiger partial charge < -0.3 is 24.8 Å². The van der Waals surface area contributed by atoms with Gasteiger partial charge in [-0.2, -0.15) is 13.2 Å². The van der Waals surface area contributed by atoms with Crippen LogP contribution in [-0.2, 0) is 9.53 Å². The summed E-state index contributed by atoms with van der Waals surface area (Å²) in [6.45, 7) is 6.80. The number of ether oxygens (including phenoxy) is 1. The zero-order valence-electron chi connectivity index (χ0n) is 16.9. The van der Waals surface area contributed by atoms with Crippen LogP contribution in [0, 0.1) is 0 Å². The van der Waals surface area contributed by atoms with E-state index in [0.717, 1.165) is 12.3 Å². The van der Waals surface area contributed by atoms with Crippen molar-refractivity contribution in [2.45, 2.75) is 45.1 Å². The molecule has 0 bridgehead atoms. The van der Waals surface area contributed by atoms with Crippen LogP contribution in [0.15, 0.2) is 34.8 Å². The summed E-state index contributed by atoms with van der Waals surface area (Å²) in [4.78, 5) is 29.5. The zero-order valence-corrected chi connectivity index (χ0v) is 17.7. The average Bonchev–Trinajstić information content (AvgIpc) is 2.89. The predicted octanol–water partition coefficient (Wildman–Crippen LogP) is 3.11. The number of hydrogen-bond donors (Lipinski definition) is 1. The van der Waals surface area contributed by atoms with Gasteiger partial charge in [0.1, 0.15) is 17.5 Å². The maximum atomic E-state index is 13.0. The Morgan fingerprint density at radius 3 is 2.37 bits per heavy atom. The van der Waals surface area contributed by atoms with E-state index in [2.05, 4.69) is 5.32 Å². The zero-order chi connectivity index (χ0) is 22.3. The van der Waals surface area contributed by atoms with Gasteiger partial charge in [0.25, 0.3) is 5.91 Å². The lowest BCUT2D eigenvalue weighted by Gasteiger charge is -2.27. The summed E-state index contributed by atoms with van der Waals surface area (Å²) in [6, 6.07) is 0. The van der Waals surface area contributed by atoms with Gasteiger partial charge in [-0.3, -0.25) is 4.79 Å². The first-order valence-electron chi connectivity index (χ1n) is 9.54. The minimum atomic E-state index is -4.54. The van der Waals surface area contributed by atoms with Gasteiger partial charge in [-0.25, -0.2) is 4.79 Å². The molecule has 1 saturated heterocycles. The van der Waals surface area contributed by atoms with Crippen LogP contribution in [0.1, 0.15) is 27.2 Å². The summed E-state index contributed by atoms with van der Waals surface area (Å²) in [7, 11) is 0. The molecular formula is C19H24ClF3N4O3. The molecule has 0 unspecified atom stereocenters. The summed E-state index contributed by atoms with van der Waals surface area (Å²) >= 11 is 6.01. The number of nitrogens with zero attached hydrogens (tertiary/aromatic N) is 3. The highest BCUT2D eigenvalue weighted by Gasteiger charge is 2.40. The molecule has 3 heterocycles. The SMILES string of the molecule is CC(C)(C)OC(=O)N1CCCN(C(=O)C2=CN3C=C(C(F)(F)F)C=C(Cl)[C@H]3N2)CC1. The number of amides is 2. The van der Waals surface area contributed by atoms with Crippen LogP contribution in [-0.4, -0.2) is 70.8 Å². The molecule has 7 nitrogen and oxygen atoms in total.